The summed E-state index contributed by atoms with van der Waals surface area (Å²) in [6.07, 6.45) is 0. The molecular formula is C29H26. The third-order valence-electron chi connectivity index (χ3n) is 7.51. The molecule has 29 heavy (non-hydrogen) atoms. The molecule has 4 aromatic rings. The molecule has 0 bridgehead atoms. The van der Waals surface area contributed by atoms with Crippen LogP contribution in [-0.4, -0.2) is 0 Å². The van der Waals surface area contributed by atoms with Crippen LogP contribution < -0.4 is 0 Å². The highest BCUT2D eigenvalue weighted by Gasteiger charge is 2.42. The Bertz CT molecular complexity index is 1350. The minimum atomic E-state index is 0.0152. The molecule has 0 spiro atoms. The van der Waals surface area contributed by atoms with E-state index >= 15 is 0 Å². The zero-order chi connectivity index (χ0) is 20.1. The SMILES string of the molecule is Cc1ccc2c(c1)C(C)(C)c1cc3c(cc1-2)C(C)(C)c1ccc2ccccc2c1-3. The summed E-state index contributed by atoms with van der Waals surface area (Å²) < 4.78 is 0. The summed E-state index contributed by atoms with van der Waals surface area (Å²) in [4.78, 5) is 0. The van der Waals surface area contributed by atoms with Gasteiger partial charge in [0.15, 0.2) is 0 Å². The topological polar surface area (TPSA) is 0 Å². The molecule has 2 aliphatic rings. The number of benzene rings is 4. The van der Waals surface area contributed by atoms with E-state index in [9.17, 15) is 0 Å². The van der Waals surface area contributed by atoms with Gasteiger partial charge in [-0.3, -0.25) is 0 Å². The molecule has 0 radical (unpaired) electrons. The zero-order valence-corrected chi connectivity index (χ0v) is 17.9. The third-order valence-corrected chi connectivity index (χ3v) is 7.51. The maximum atomic E-state index is 2.51. The van der Waals surface area contributed by atoms with Crippen LogP contribution in [0.2, 0.25) is 0 Å². The molecule has 0 amide bonds. The Balaban J connectivity index is 1.73. The molecule has 0 aromatic heterocycles. The number of hydrogen-bond acceptors (Lipinski definition) is 0. The van der Waals surface area contributed by atoms with Crippen molar-refractivity contribution in [1.29, 1.82) is 0 Å². The number of rotatable bonds is 0. The standard InChI is InChI=1S/C29H26/c1-17-10-12-20-21-15-26-22(16-25(21)29(4,5)24(20)14-17)27-19-9-7-6-8-18(19)11-13-23(27)28(26,2)3/h6-16H,1-5H3. The van der Waals surface area contributed by atoms with E-state index in [1.54, 1.807) is 0 Å². The fourth-order valence-electron chi connectivity index (χ4n) is 5.85. The molecule has 0 heterocycles. The smallest absolute Gasteiger partial charge is 0.0159 e. The molecule has 0 heteroatoms. The van der Waals surface area contributed by atoms with Crippen molar-refractivity contribution in [3.05, 3.63) is 94.5 Å². The maximum Gasteiger partial charge on any atom is 0.0159 e. The van der Waals surface area contributed by atoms with E-state index in [0.717, 1.165) is 0 Å². The van der Waals surface area contributed by atoms with E-state index in [4.69, 9.17) is 0 Å². The van der Waals surface area contributed by atoms with Crippen LogP contribution in [0.1, 0.15) is 55.5 Å². The first-order valence-corrected chi connectivity index (χ1v) is 10.6. The Morgan fingerprint density at radius 1 is 0.552 bits per heavy atom. The van der Waals surface area contributed by atoms with Crippen molar-refractivity contribution in [1.82, 2.24) is 0 Å². The van der Waals surface area contributed by atoms with Crippen LogP contribution in [-0.2, 0) is 10.8 Å². The molecule has 2 aliphatic carbocycles. The highest BCUT2D eigenvalue weighted by molar-refractivity contribution is 6.03. The lowest BCUT2D eigenvalue weighted by Crippen LogP contribution is -2.17. The Kier molecular flexibility index (Phi) is 3.05. The highest BCUT2D eigenvalue weighted by Crippen LogP contribution is 2.57. The monoisotopic (exact) mass is 374 g/mol. The zero-order valence-electron chi connectivity index (χ0n) is 17.9. The van der Waals surface area contributed by atoms with Gasteiger partial charge < -0.3 is 0 Å². The molecule has 0 unspecified atom stereocenters. The summed E-state index contributed by atoms with van der Waals surface area (Å²) in [5.41, 5.74) is 12.9. The molecular weight excluding hydrogens is 348 g/mol. The molecule has 0 N–H and O–H groups in total. The maximum absolute atomic E-state index is 2.51. The van der Waals surface area contributed by atoms with Crippen molar-refractivity contribution < 1.29 is 0 Å². The first-order valence-electron chi connectivity index (χ1n) is 10.6. The van der Waals surface area contributed by atoms with Crippen LogP contribution in [0.25, 0.3) is 33.0 Å². The lowest BCUT2D eigenvalue weighted by atomic mass is 9.79. The Hall–Kier alpha value is -2.86. The molecule has 0 aliphatic heterocycles. The normalized spacial score (nSPS) is 17.0. The number of aryl methyl sites for hydroxylation is 1. The minimum Gasteiger partial charge on any atom is -0.0616 e. The average molecular weight is 375 g/mol. The second-order valence-corrected chi connectivity index (χ2v) is 9.95. The van der Waals surface area contributed by atoms with E-state index in [1.165, 1.54) is 60.8 Å². The van der Waals surface area contributed by atoms with E-state index in [-0.39, 0.29) is 10.8 Å². The van der Waals surface area contributed by atoms with Gasteiger partial charge in [-0.25, -0.2) is 0 Å². The average Bonchev–Trinajstić information content (AvgIpc) is 3.06. The van der Waals surface area contributed by atoms with Crippen LogP contribution in [0.4, 0.5) is 0 Å². The fraction of sp³-hybridized carbons (Fsp3) is 0.241. The molecule has 0 saturated carbocycles. The predicted molar refractivity (Wildman–Crippen MR) is 124 cm³/mol. The second-order valence-electron chi connectivity index (χ2n) is 9.95. The predicted octanol–water partition coefficient (Wildman–Crippen LogP) is 7.76. The van der Waals surface area contributed by atoms with Crippen molar-refractivity contribution in [2.45, 2.75) is 45.4 Å². The van der Waals surface area contributed by atoms with Gasteiger partial charge in [-0.15, -0.1) is 0 Å². The lowest BCUT2D eigenvalue weighted by molar-refractivity contribution is 0.652. The van der Waals surface area contributed by atoms with Crippen LogP contribution in [0.3, 0.4) is 0 Å². The molecule has 0 fully saturated rings. The van der Waals surface area contributed by atoms with Crippen LogP contribution >= 0.6 is 0 Å². The van der Waals surface area contributed by atoms with E-state index in [1.807, 2.05) is 0 Å². The largest absolute Gasteiger partial charge is 0.0616 e. The summed E-state index contributed by atoms with van der Waals surface area (Å²) in [5.74, 6) is 0. The van der Waals surface area contributed by atoms with Crippen LogP contribution in [0, 0.1) is 6.92 Å². The Labute approximate surface area is 173 Å². The first-order chi connectivity index (χ1) is 13.8. The van der Waals surface area contributed by atoms with Crippen LogP contribution in [0.15, 0.2) is 66.7 Å². The minimum absolute atomic E-state index is 0.0152. The van der Waals surface area contributed by atoms with Gasteiger partial charge in [-0.2, -0.15) is 0 Å². The quantitative estimate of drug-likeness (QED) is 0.295. The number of fused-ring (bicyclic) bond motifs is 8. The molecule has 0 nitrogen and oxygen atoms in total. The summed E-state index contributed by atoms with van der Waals surface area (Å²) in [6, 6.07) is 25.5. The van der Waals surface area contributed by atoms with E-state index < -0.39 is 0 Å². The van der Waals surface area contributed by atoms with Gasteiger partial charge in [0.2, 0.25) is 0 Å². The summed E-state index contributed by atoms with van der Waals surface area (Å²) in [6.45, 7) is 11.7. The van der Waals surface area contributed by atoms with Gasteiger partial charge in [0.05, 0.1) is 0 Å². The van der Waals surface area contributed by atoms with Crippen LogP contribution in [0.5, 0.6) is 0 Å². The summed E-state index contributed by atoms with van der Waals surface area (Å²) in [5, 5.41) is 2.70. The van der Waals surface area contributed by atoms with Gasteiger partial charge in [0.25, 0.3) is 0 Å². The second kappa shape index (κ2) is 5.19. The van der Waals surface area contributed by atoms with Crippen molar-refractivity contribution in [2.75, 3.05) is 0 Å². The number of hydrogen-bond donors (Lipinski definition) is 0. The highest BCUT2D eigenvalue weighted by atomic mass is 14.4. The van der Waals surface area contributed by atoms with Crippen molar-refractivity contribution in [2.24, 2.45) is 0 Å². The molecule has 0 atom stereocenters. The Morgan fingerprint density at radius 2 is 1.21 bits per heavy atom. The molecule has 6 rings (SSSR count). The Morgan fingerprint density at radius 3 is 2.03 bits per heavy atom. The van der Waals surface area contributed by atoms with E-state index in [0.29, 0.717) is 0 Å². The molecule has 4 aromatic carbocycles. The van der Waals surface area contributed by atoms with Crippen molar-refractivity contribution >= 4 is 10.8 Å². The van der Waals surface area contributed by atoms with Gasteiger partial charge in [0.1, 0.15) is 0 Å². The van der Waals surface area contributed by atoms with Gasteiger partial charge in [-0.1, -0.05) is 87.9 Å². The summed E-state index contributed by atoms with van der Waals surface area (Å²) >= 11 is 0. The summed E-state index contributed by atoms with van der Waals surface area (Å²) in [7, 11) is 0. The fourth-order valence-corrected chi connectivity index (χ4v) is 5.85. The first kappa shape index (κ1) is 17.0. The van der Waals surface area contributed by atoms with Gasteiger partial charge >= 0.3 is 0 Å². The van der Waals surface area contributed by atoms with Crippen molar-refractivity contribution in [3.8, 4) is 22.3 Å². The van der Waals surface area contributed by atoms with Gasteiger partial charge in [-0.05, 0) is 74.3 Å². The molecule has 142 valence electrons. The third kappa shape index (κ3) is 2.00. The lowest BCUT2D eigenvalue weighted by Gasteiger charge is -2.24. The van der Waals surface area contributed by atoms with Crippen molar-refractivity contribution in [3.63, 3.8) is 0 Å². The molecule has 0 saturated heterocycles. The van der Waals surface area contributed by atoms with Gasteiger partial charge in [0, 0.05) is 10.8 Å². The van der Waals surface area contributed by atoms with E-state index in [2.05, 4.69) is 101 Å².